The molecule has 1 fully saturated rings. The number of fused-ring (bicyclic) bond motifs is 2. The number of aryl methyl sites for hydroxylation is 2. The molecule has 3 aromatic heterocycles. The van der Waals surface area contributed by atoms with Crippen LogP contribution in [0.15, 0.2) is 42.6 Å². The maximum absolute atomic E-state index is 10.4. The van der Waals surface area contributed by atoms with Gasteiger partial charge in [-0.05, 0) is 89.2 Å². The van der Waals surface area contributed by atoms with Crippen LogP contribution in [0.3, 0.4) is 0 Å². The minimum atomic E-state index is -1.01. The maximum atomic E-state index is 10.4. The van der Waals surface area contributed by atoms with Gasteiger partial charge in [0.05, 0.1) is 11.3 Å². The molecule has 0 radical (unpaired) electrons. The number of nitrogens with one attached hydrogen (secondary N) is 1. The zero-order valence-electron chi connectivity index (χ0n) is 20.9. The van der Waals surface area contributed by atoms with Crippen LogP contribution < -0.4 is 0 Å². The summed E-state index contributed by atoms with van der Waals surface area (Å²) in [4.78, 5) is 12.4. The number of pyridine rings is 2. The molecule has 0 saturated carbocycles. The SMILES string of the molecule is CC(C)(O)c1ccc(-c2n[nH]c3ncc(-c4ccc5c(n4)CCC(N4CCCC4)CC5)cc23)cc1Cl. The fraction of sp³-hybridized carbons (Fsp3) is 0.414. The van der Waals surface area contributed by atoms with E-state index < -0.39 is 5.60 Å². The lowest BCUT2D eigenvalue weighted by atomic mass is 9.96. The molecule has 2 N–H and O–H groups in total. The van der Waals surface area contributed by atoms with Crippen molar-refractivity contribution in [1.82, 2.24) is 25.1 Å². The van der Waals surface area contributed by atoms with Gasteiger partial charge in [-0.3, -0.25) is 10.1 Å². The van der Waals surface area contributed by atoms with Crippen LogP contribution in [0.25, 0.3) is 33.5 Å². The van der Waals surface area contributed by atoms with Crippen LogP contribution in [0.5, 0.6) is 0 Å². The van der Waals surface area contributed by atoms with Crippen molar-refractivity contribution in [3.05, 3.63) is 64.4 Å². The number of aliphatic hydroxyl groups is 1. The van der Waals surface area contributed by atoms with Crippen LogP contribution in [0, 0.1) is 0 Å². The summed E-state index contributed by atoms with van der Waals surface area (Å²) in [5.41, 5.74) is 6.61. The van der Waals surface area contributed by atoms with Crippen molar-refractivity contribution in [2.45, 2.75) is 64.0 Å². The normalized spacial score (nSPS) is 18.9. The van der Waals surface area contributed by atoms with Crippen LogP contribution >= 0.6 is 11.6 Å². The number of likely N-dealkylation sites (tertiary alicyclic amines) is 1. The van der Waals surface area contributed by atoms with Gasteiger partial charge in [-0.1, -0.05) is 29.8 Å². The highest BCUT2D eigenvalue weighted by Gasteiger charge is 2.25. The summed E-state index contributed by atoms with van der Waals surface area (Å²) >= 11 is 6.52. The third-order valence-corrected chi connectivity index (χ3v) is 8.11. The molecule has 2 aliphatic rings. The van der Waals surface area contributed by atoms with Gasteiger partial charge in [0.25, 0.3) is 0 Å². The molecule has 1 unspecified atom stereocenters. The van der Waals surface area contributed by atoms with Gasteiger partial charge in [0.2, 0.25) is 0 Å². The highest BCUT2D eigenvalue weighted by molar-refractivity contribution is 6.31. The monoisotopic (exact) mass is 501 g/mol. The summed E-state index contributed by atoms with van der Waals surface area (Å²) in [6.45, 7) is 5.97. The molecule has 1 saturated heterocycles. The first-order valence-corrected chi connectivity index (χ1v) is 13.3. The largest absolute Gasteiger partial charge is 0.386 e. The molecule has 1 atom stereocenters. The highest BCUT2D eigenvalue weighted by Crippen LogP contribution is 2.35. The van der Waals surface area contributed by atoms with Gasteiger partial charge in [0, 0.05) is 45.0 Å². The van der Waals surface area contributed by atoms with E-state index in [4.69, 9.17) is 16.6 Å². The number of hydrogen-bond donors (Lipinski definition) is 2. The Morgan fingerprint density at radius 1 is 1.03 bits per heavy atom. The van der Waals surface area contributed by atoms with Gasteiger partial charge in [0.1, 0.15) is 5.69 Å². The third-order valence-electron chi connectivity index (χ3n) is 7.80. The first-order valence-electron chi connectivity index (χ1n) is 13.0. The van der Waals surface area contributed by atoms with Crippen molar-refractivity contribution < 1.29 is 5.11 Å². The predicted molar refractivity (Wildman–Crippen MR) is 144 cm³/mol. The summed E-state index contributed by atoms with van der Waals surface area (Å²) in [6, 6.07) is 12.8. The van der Waals surface area contributed by atoms with Gasteiger partial charge < -0.3 is 10.0 Å². The number of rotatable bonds is 4. The van der Waals surface area contributed by atoms with Crippen molar-refractivity contribution in [3.63, 3.8) is 0 Å². The molecule has 1 aromatic carbocycles. The number of H-pyrrole nitrogens is 1. The average Bonchev–Trinajstić information content (AvgIpc) is 3.49. The lowest BCUT2D eigenvalue weighted by molar-refractivity contribution is 0.0787. The molecular formula is C29H32ClN5O. The summed E-state index contributed by atoms with van der Waals surface area (Å²) < 4.78 is 0. The van der Waals surface area contributed by atoms with Crippen molar-refractivity contribution in [1.29, 1.82) is 0 Å². The number of aromatic nitrogens is 4. The Morgan fingerprint density at radius 3 is 2.61 bits per heavy atom. The van der Waals surface area contributed by atoms with Crippen molar-refractivity contribution in [2.24, 2.45) is 0 Å². The van der Waals surface area contributed by atoms with Gasteiger partial charge in [0.15, 0.2) is 5.65 Å². The Kier molecular flexibility index (Phi) is 6.06. The second kappa shape index (κ2) is 9.25. The molecule has 1 aliphatic carbocycles. The predicted octanol–water partition coefficient (Wildman–Crippen LogP) is 5.91. The zero-order chi connectivity index (χ0) is 24.9. The Labute approximate surface area is 216 Å². The quantitative estimate of drug-likeness (QED) is 0.340. The summed E-state index contributed by atoms with van der Waals surface area (Å²) in [7, 11) is 0. The lowest BCUT2D eigenvalue weighted by Crippen LogP contribution is -2.32. The Bertz CT molecular complexity index is 1420. The molecule has 36 heavy (non-hydrogen) atoms. The number of benzene rings is 1. The number of nitrogens with zero attached hydrogens (tertiary/aromatic N) is 4. The molecular weight excluding hydrogens is 470 g/mol. The molecule has 0 amide bonds. The van der Waals surface area contributed by atoms with E-state index in [9.17, 15) is 5.11 Å². The minimum absolute atomic E-state index is 0.514. The molecule has 4 heterocycles. The summed E-state index contributed by atoms with van der Waals surface area (Å²) in [5, 5.41) is 19.4. The molecule has 6 nitrogen and oxygen atoms in total. The Balaban J connectivity index is 1.31. The number of halogens is 1. The second-order valence-corrected chi connectivity index (χ2v) is 11.1. The van der Waals surface area contributed by atoms with E-state index >= 15 is 0 Å². The van der Waals surface area contributed by atoms with Gasteiger partial charge in [-0.25, -0.2) is 4.98 Å². The summed E-state index contributed by atoms with van der Waals surface area (Å²) in [5.74, 6) is 0. The molecule has 0 spiro atoms. The molecule has 186 valence electrons. The fourth-order valence-electron chi connectivity index (χ4n) is 5.80. The first kappa shape index (κ1) is 23.6. The molecule has 6 rings (SSSR count). The van der Waals surface area contributed by atoms with Crippen molar-refractivity contribution in [2.75, 3.05) is 13.1 Å². The molecule has 7 heteroatoms. The van der Waals surface area contributed by atoms with E-state index in [1.165, 1.54) is 50.0 Å². The van der Waals surface area contributed by atoms with Crippen LogP contribution in [0.2, 0.25) is 5.02 Å². The fourth-order valence-corrected chi connectivity index (χ4v) is 6.21. The van der Waals surface area contributed by atoms with Crippen LogP contribution in [-0.4, -0.2) is 49.3 Å². The smallest absolute Gasteiger partial charge is 0.155 e. The highest BCUT2D eigenvalue weighted by atomic mass is 35.5. The summed E-state index contributed by atoms with van der Waals surface area (Å²) in [6.07, 6.45) is 9.10. The topological polar surface area (TPSA) is 77.9 Å². The van der Waals surface area contributed by atoms with Gasteiger partial charge in [-0.2, -0.15) is 5.10 Å². The van der Waals surface area contributed by atoms with Crippen molar-refractivity contribution >= 4 is 22.6 Å². The van der Waals surface area contributed by atoms with E-state index in [1.807, 2.05) is 24.4 Å². The average molecular weight is 502 g/mol. The van der Waals surface area contributed by atoms with Gasteiger partial charge >= 0.3 is 0 Å². The zero-order valence-corrected chi connectivity index (χ0v) is 21.6. The van der Waals surface area contributed by atoms with Crippen molar-refractivity contribution in [3.8, 4) is 22.5 Å². The van der Waals surface area contributed by atoms with E-state index in [2.05, 4.69) is 38.3 Å². The van der Waals surface area contributed by atoms with E-state index in [0.29, 0.717) is 16.6 Å². The Hall–Kier alpha value is -2.80. The van der Waals surface area contributed by atoms with Crippen LogP contribution in [0.4, 0.5) is 0 Å². The standard InChI is InChI=1S/C29H32ClN5O/c1-29(2,36)23-10-6-19(16-24(23)30)27-22-15-20(17-31-28(22)34-33-27)26-11-7-18-5-8-21(9-12-25(18)32-26)35-13-3-4-14-35/h6-7,10-11,15-17,21,36H,3-5,8-9,12-14H2,1-2H3,(H,31,33,34). The van der Waals surface area contributed by atoms with Gasteiger partial charge in [-0.15, -0.1) is 0 Å². The second-order valence-electron chi connectivity index (χ2n) is 10.7. The maximum Gasteiger partial charge on any atom is 0.155 e. The van der Waals surface area contributed by atoms with Crippen LogP contribution in [-0.2, 0) is 18.4 Å². The molecule has 1 aliphatic heterocycles. The van der Waals surface area contributed by atoms with Crippen LogP contribution in [0.1, 0.15) is 56.4 Å². The molecule has 0 bridgehead atoms. The number of hydrogen-bond acceptors (Lipinski definition) is 5. The van der Waals surface area contributed by atoms with E-state index in [1.54, 1.807) is 13.8 Å². The minimum Gasteiger partial charge on any atom is -0.386 e. The number of aromatic amines is 1. The lowest BCUT2D eigenvalue weighted by Gasteiger charge is -2.25. The Morgan fingerprint density at radius 2 is 1.83 bits per heavy atom. The third kappa shape index (κ3) is 4.42. The van der Waals surface area contributed by atoms with E-state index in [0.717, 1.165) is 46.4 Å². The molecule has 4 aromatic rings. The first-order chi connectivity index (χ1) is 17.4. The van der Waals surface area contributed by atoms with E-state index in [-0.39, 0.29) is 0 Å².